The summed E-state index contributed by atoms with van der Waals surface area (Å²) >= 11 is 5.81. The highest BCUT2D eigenvalue weighted by atomic mass is 35.5. The zero-order valence-electron chi connectivity index (χ0n) is 10.7. The standard InChI is InChI=1S/C13H13ClFN5/c14-4-3-13-17-11-2-1-10(15)9-12(11)20(13)8-7-19-6-5-16-18-19/h1-2,5-6,9H,3-4,7-8H2. The van der Waals surface area contributed by atoms with E-state index >= 15 is 0 Å². The van der Waals surface area contributed by atoms with Gasteiger partial charge in [0.1, 0.15) is 11.6 Å². The Morgan fingerprint density at radius 3 is 2.90 bits per heavy atom. The largest absolute Gasteiger partial charge is 0.326 e. The van der Waals surface area contributed by atoms with Crippen molar-refractivity contribution in [3.63, 3.8) is 0 Å². The number of benzene rings is 1. The first-order chi connectivity index (χ1) is 9.78. The van der Waals surface area contributed by atoms with Crippen LogP contribution in [0.5, 0.6) is 0 Å². The number of alkyl halides is 1. The molecule has 2 heterocycles. The van der Waals surface area contributed by atoms with Gasteiger partial charge in [0.05, 0.1) is 23.8 Å². The third kappa shape index (κ3) is 2.51. The molecule has 0 fully saturated rings. The number of hydrogen-bond acceptors (Lipinski definition) is 3. The molecule has 7 heteroatoms. The Morgan fingerprint density at radius 2 is 2.15 bits per heavy atom. The predicted octanol–water partition coefficient (Wildman–Crippen LogP) is 2.25. The fraction of sp³-hybridized carbons (Fsp3) is 0.308. The van der Waals surface area contributed by atoms with Crippen molar-refractivity contribution in [1.29, 1.82) is 0 Å². The molecule has 5 nitrogen and oxygen atoms in total. The second kappa shape index (κ2) is 5.58. The Bertz CT molecular complexity index is 707. The van der Waals surface area contributed by atoms with E-state index in [-0.39, 0.29) is 5.82 Å². The van der Waals surface area contributed by atoms with E-state index in [0.29, 0.717) is 25.4 Å². The molecular weight excluding hydrogens is 281 g/mol. The van der Waals surface area contributed by atoms with Gasteiger partial charge < -0.3 is 4.57 Å². The minimum atomic E-state index is -0.267. The molecule has 3 rings (SSSR count). The number of fused-ring (bicyclic) bond motifs is 1. The van der Waals surface area contributed by atoms with Gasteiger partial charge in [0, 0.05) is 25.0 Å². The van der Waals surface area contributed by atoms with E-state index in [9.17, 15) is 4.39 Å². The third-order valence-corrected chi connectivity index (χ3v) is 3.32. The number of imidazole rings is 1. The normalized spacial score (nSPS) is 11.3. The average Bonchev–Trinajstić information content (AvgIpc) is 3.04. The smallest absolute Gasteiger partial charge is 0.125 e. The van der Waals surface area contributed by atoms with E-state index < -0.39 is 0 Å². The van der Waals surface area contributed by atoms with Gasteiger partial charge in [-0.25, -0.2) is 9.37 Å². The molecule has 0 atom stereocenters. The van der Waals surface area contributed by atoms with Crippen LogP contribution in [0.4, 0.5) is 4.39 Å². The van der Waals surface area contributed by atoms with Crippen molar-refractivity contribution in [3.8, 4) is 0 Å². The first kappa shape index (κ1) is 13.1. The highest BCUT2D eigenvalue weighted by Crippen LogP contribution is 2.18. The lowest BCUT2D eigenvalue weighted by atomic mass is 10.3. The molecular formula is C13H13ClFN5. The van der Waals surface area contributed by atoms with Crippen LogP contribution >= 0.6 is 11.6 Å². The molecule has 0 saturated heterocycles. The molecule has 104 valence electrons. The van der Waals surface area contributed by atoms with Crippen LogP contribution in [0.15, 0.2) is 30.6 Å². The maximum absolute atomic E-state index is 13.4. The molecule has 0 amide bonds. The number of aromatic nitrogens is 5. The Labute approximate surface area is 120 Å². The quantitative estimate of drug-likeness (QED) is 0.678. The van der Waals surface area contributed by atoms with Gasteiger partial charge in [-0.05, 0) is 18.2 Å². The summed E-state index contributed by atoms with van der Waals surface area (Å²) in [6.45, 7) is 1.30. The first-order valence-electron chi connectivity index (χ1n) is 6.32. The Morgan fingerprint density at radius 1 is 1.25 bits per heavy atom. The van der Waals surface area contributed by atoms with Gasteiger partial charge in [0.25, 0.3) is 0 Å². The summed E-state index contributed by atoms with van der Waals surface area (Å²) in [5.74, 6) is 1.08. The highest BCUT2D eigenvalue weighted by Gasteiger charge is 2.11. The van der Waals surface area contributed by atoms with Gasteiger partial charge in [-0.3, -0.25) is 4.68 Å². The molecule has 0 radical (unpaired) electrons. The molecule has 0 unspecified atom stereocenters. The molecule has 2 aromatic heterocycles. The summed E-state index contributed by atoms with van der Waals surface area (Å²) < 4.78 is 17.2. The first-order valence-corrected chi connectivity index (χ1v) is 6.86. The SMILES string of the molecule is Fc1ccc2nc(CCCl)n(CCn3ccnn3)c2c1. The van der Waals surface area contributed by atoms with Crippen LogP contribution in [0, 0.1) is 5.82 Å². The molecule has 0 aliphatic carbocycles. The summed E-state index contributed by atoms with van der Waals surface area (Å²) in [6.07, 6.45) is 4.07. The molecule has 0 aliphatic heterocycles. The number of halogens is 2. The molecule has 0 spiro atoms. The minimum absolute atomic E-state index is 0.267. The van der Waals surface area contributed by atoms with E-state index in [1.807, 2.05) is 4.57 Å². The molecule has 0 aliphatic rings. The Balaban J connectivity index is 1.96. The van der Waals surface area contributed by atoms with Gasteiger partial charge in [0.2, 0.25) is 0 Å². The van der Waals surface area contributed by atoms with Gasteiger partial charge in [0.15, 0.2) is 0 Å². The van der Waals surface area contributed by atoms with Crippen molar-refractivity contribution in [3.05, 3.63) is 42.2 Å². The number of rotatable bonds is 5. The van der Waals surface area contributed by atoms with Crippen LogP contribution in [0.3, 0.4) is 0 Å². The second-order valence-electron chi connectivity index (χ2n) is 4.42. The average molecular weight is 294 g/mol. The van der Waals surface area contributed by atoms with E-state index in [1.54, 1.807) is 23.1 Å². The van der Waals surface area contributed by atoms with Crippen LogP contribution in [0.2, 0.25) is 0 Å². The summed E-state index contributed by atoms with van der Waals surface area (Å²) in [5, 5.41) is 7.69. The molecule has 0 bridgehead atoms. The van der Waals surface area contributed by atoms with E-state index in [4.69, 9.17) is 11.6 Å². The summed E-state index contributed by atoms with van der Waals surface area (Å²) in [4.78, 5) is 4.51. The fourth-order valence-electron chi connectivity index (χ4n) is 2.23. The zero-order valence-corrected chi connectivity index (χ0v) is 11.5. The lowest BCUT2D eigenvalue weighted by Crippen LogP contribution is -2.11. The maximum Gasteiger partial charge on any atom is 0.125 e. The van der Waals surface area contributed by atoms with Crippen molar-refractivity contribution in [1.82, 2.24) is 24.5 Å². The van der Waals surface area contributed by atoms with E-state index in [0.717, 1.165) is 16.9 Å². The zero-order chi connectivity index (χ0) is 13.9. The lowest BCUT2D eigenvalue weighted by Gasteiger charge is -2.08. The van der Waals surface area contributed by atoms with Crippen LogP contribution in [0.1, 0.15) is 5.82 Å². The maximum atomic E-state index is 13.4. The van der Waals surface area contributed by atoms with Crippen LogP contribution in [-0.4, -0.2) is 30.4 Å². The summed E-state index contributed by atoms with van der Waals surface area (Å²) in [7, 11) is 0. The molecule has 3 aromatic rings. The van der Waals surface area contributed by atoms with Gasteiger partial charge in [-0.15, -0.1) is 16.7 Å². The van der Waals surface area contributed by atoms with Gasteiger partial charge in [-0.1, -0.05) is 5.21 Å². The predicted molar refractivity (Wildman–Crippen MR) is 74.1 cm³/mol. The van der Waals surface area contributed by atoms with E-state index in [2.05, 4.69) is 15.3 Å². The van der Waals surface area contributed by atoms with E-state index in [1.165, 1.54) is 12.1 Å². The number of nitrogens with zero attached hydrogens (tertiary/aromatic N) is 5. The lowest BCUT2D eigenvalue weighted by molar-refractivity contribution is 0.516. The molecule has 0 N–H and O–H groups in total. The van der Waals surface area contributed by atoms with Crippen LogP contribution < -0.4 is 0 Å². The number of aryl methyl sites for hydroxylation is 3. The number of hydrogen-bond donors (Lipinski definition) is 0. The molecule has 1 aromatic carbocycles. The minimum Gasteiger partial charge on any atom is -0.326 e. The second-order valence-corrected chi connectivity index (χ2v) is 4.80. The van der Waals surface area contributed by atoms with Crippen molar-refractivity contribution in [2.75, 3.05) is 5.88 Å². The van der Waals surface area contributed by atoms with Crippen molar-refractivity contribution >= 4 is 22.6 Å². The Kier molecular flexibility index (Phi) is 3.64. The van der Waals surface area contributed by atoms with Gasteiger partial charge in [-0.2, -0.15) is 0 Å². The van der Waals surface area contributed by atoms with Crippen LogP contribution in [0.25, 0.3) is 11.0 Å². The van der Waals surface area contributed by atoms with Gasteiger partial charge >= 0.3 is 0 Å². The molecule has 20 heavy (non-hydrogen) atoms. The monoisotopic (exact) mass is 293 g/mol. The van der Waals surface area contributed by atoms with Crippen molar-refractivity contribution in [2.24, 2.45) is 0 Å². The Hall–Kier alpha value is -1.95. The van der Waals surface area contributed by atoms with Crippen molar-refractivity contribution in [2.45, 2.75) is 19.5 Å². The topological polar surface area (TPSA) is 48.5 Å². The summed E-state index contributed by atoms with van der Waals surface area (Å²) in [5.41, 5.74) is 1.57. The van der Waals surface area contributed by atoms with Crippen LogP contribution in [-0.2, 0) is 19.5 Å². The van der Waals surface area contributed by atoms with Crippen molar-refractivity contribution < 1.29 is 4.39 Å². The fourth-order valence-corrected chi connectivity index (χ4v) is 2.39. The highest BCUT2D eigenvalue weighted by molar-refractivity contribution is 6.17. The third-order valence-electron chi connectivity index (χ3n) is 3.13. The molecule has 0 saturated carbocycles. The summed E-state index contributed by atoms with van der Waals surface area (Å²) in [6, 6.07) is 4.61.